The van der Waals surface area contributed by atoms with Crippen molar-refractivity contribution in [2.24, 2.45) is 11.8 Å². The number of hydrogen-bond acceptors (Lipinski definition) is 6. The third kappa shape index (κ3) is 14.0. The number of aldehydes is 1. The molecule has 9 heteroatoms. The maximum atomic E-state index is 12.1. The summed E-state index contributed by atoms with van der Waals surface area (Å²) in [6, 6.07) is 10.2. The van der Waals surface area contributed by atoms with Crippen molar-refractivity contribution < 1.29 is 27.5 Å². The van der Waals surface area contributed by atoms with Gasteiger partial charge in [-0.15, -0.1) is 0 Å². The molecule has 0 saturated heterocycles. The fourth-order valence-electron chi connectivity index (χ4n) is 4.85. The van der Waals surface area contributed by atoms with Gasteiger partial charge in [0.1, 0.15) is 12.4 Å². The maximum absolute atomic E-state index is 12.1. The summed E-state index contributed by atoms with van der Waals surface area (Å²) in [6.45, 7) is 33.4. The van der Waals surface area contributed by atoms with Crippen molar-refractivity contribution in [2.75, 3.05) is 20.3 Å². The Hall–Kier alpha value is -0.659. The van der Waals surface area contributed by atoms with Crippen LogP contribution in [0.2, 0.25) is 55.9 Å². The zero-order chi connectivity index (χ0) is 34.0. The third-order valence-corrected chi connectivity index (χ3v) is 19.5. The molecule has 0 aliphatic heterocycles. The van der Waals surface area contributed by atoms with Crippen LogP contribution < -0.4 is 0 Å². The van der Waals surface area contributed by atoms with E-state index in [-0.39, 0.29) is 40.2 Å². The van der Waals surface area contributed by atoms with Crippen molar-refractivity contribution in [3.05, 3.63) is 35.9 Å². The highest BCUT2D eigenvalue weighted by molar-refractivity contribution is 6.74. The largest absolute Gasteiger partial charge is 0.417 e. The SMILES string of the molecule is CO[C@H]([C@@H](O[Si](C)(C)C)[C@@H](CC=O)C[C@@H](C)COCc1ccccc1)[C@@H](CCO[Si](C)(C)C(C)(C)C)O[Si](C)(C)C(C)(C)C. The number of benzene rings is 1. The highest BCUT2D eigenvalue weighted by Gasteiger charge is 2.45. The normalized spacial score (nSPS) is 17.2. The lowest BCUT2D eigenvalue weighted by Gasteiger charge is -2.45. The summed E-state index contributed by atoms with van der Waals surface area (Å²) in [5.41, 5.74) is 1.16. The molecule has 5 atom stereocenters. The molecule has 0 spiro atoms. The molecule has 256 valence electrons. The first kappa shape index (κ1) is 41.4. The first-order valence-corrected chi connectivity index (χ1v) is 25.8. The second-order valence-electron chi connectivity index (χ2n) is 16.7. The van der Waals surface area contributed by atoms with Crippen LogP contribution in [0, 0.1) is 11.8 Å². The lowest BCUT2D eigenvalue weighted by Crippen LogP contribution is -2.55. The molecule has 0 aliphatic rings. The molecule has 44 heavy (non-hydrogen) atoms. The maximum Gasteiger partial charge on any atom is 0.192 e. The molecule has 0 N–H and O–H groups in total. The van der Waals surface area contributed by atoms with E-state index in [9.17, 15) is 4.79 Å². The average Bonchev–Trinajstić information content (AvgIpc) is 2.86. The minimum atomic E-state index is -2.18. The summed E-state index contributed by atoms with van der Waals surface area (Å²) >= 11 is 0. The number of ether oxygens (including phenoxy) is 2. The van der Waals surface area contributed by atoms with Gasteiger partial charge in [0.05, 0.1) is 18.8 Å². The molecule has 0 fully saturated rings. The number of methoxy groups -OCH3 is 1. The Labute approximate surface area is 274 Å². The van der Waals surface area contributed by atoms with E-state index in [0.29, 0.717) is 32.7 Å². The Balaban J connectivity index is 3.35. The summed E-state index contributed by atoms with van der Waals surface area (Å²) in [5.74, 6) is 0.224. The zero-order valence-corrected chi connectivity index (χ0v) is 34.0. The molecule has 6 nitrogen and oxygen atoms in total. The second-order valence-corrected chi connectivity index (χ2v) is 30.7. The van der Waals surface area contributed by atoms with Crippen LogP contribution in [-0.4, -0.2) is 69.9 Å². The summed E-state index contributed by atoms with van der Waals surface area (Å²) < 4.78 is 33.3. The molecular weight excluding hydrogens is 601 g/mol. The molecule has 0 aliphatic carbocycles. The topological polar surface area (TPSA) is 63.2 Å². The van der Waals surface area contributed by atoms with E-state index in [2.05, 4.69) is 106 Å². The Bertz CT molecular complexity index is 950. The molecule has 0 aromatic heterocycles. The van der Waals surface area contributed by atoms with Crippen molar-refractivity contribution in [1.29, 1.82) is 0 Å². The molecule has 0 heterocycles. The molecule has 0 unspecified atom stereocenters. The van der Waals surface area contributed by atoms with Gasteiger partial charge in [-0.05, 0) is 86.1 Å². The fourth-order valence-corrected chi connectivity index (χ4v) is 8.42. The van der Waals surface area contributed by atoms with E-state index in [1.165, 1.54) is 0 Å². The minimum Gasteiger partial charge on any atom is -0.417 e. The molecule has 0 radical (unpaired) electrons. The molecule has 1 rings (SSSR count). The Kier molecular flexibility index (Phi) is 16.4. The third-order valence-electron chi connectivity index (χ3n) is 9.46. The molecule has 0 amide bonds. The summed E-state index contributed by atoms with van der Waals surface area (Å²) in [4.78, 5) is 12.1. The van der Waals surface area contributed by atoms with E-state index < -0.39 is 25.0 Å². The quantitative estimate of drug-likeness (QED) is 0.102. The fraction of sp³-hybridized carbons (Fsp3) is 0.800. The monoisotopic (exact) mass is 668 g/mol. The summed E-state index contributed by atoms with van der Waals surface area (Å²) in [5, 5.41) is 0.159. The second kappa shape index (κ2) is 17.5. The van der Waals surface area contributed by atoms with Crippen molar-refractivity contribution in [1.82, 2.24) is 0 Å². The van der Waals surface area contributed by atoms with E-state index in [1.807, 2.05) is 18.2 Å². The van der Waals surface area contributed by atoms with Gasteiger partial charge in [0.25, 0.3) is 0 Å². The Morgan fingerprint density at radius 1 is 0.818 bits per heavy atom. The van der Waals surface area contributed by atoms with Crippen LogP contribution in [0.5, 0.6) is 0 Å². The van der Waals surface area contributed by atoms with Crippen LogP contribution >= 0.6 is 0 Å². The van der Waals surface area contributed by atoms with E-state index in [1.54, 1.807) is 7.11 Å². The van der Waals surface area contributed by atoms with Crippen LogP contribution in [0.1, 0.15) is 73.3 Å². The van der Waals surface area contributed by atoms with Gasteiger partial charge in [-0.3, -0.25) is 0 Å². The van der Waals surface area contributed by atoms with Gasteiger partial charge in [-0.1, -0.05) is 78.8 Å². The molecule has 1 aromatic rings. The van der Waals surface area contributed by atoms with Gasteiger partial charge in [0.2, 0.25) is 0 Å². The molecule has 1 aromatic carbocycles. The highest BCUT2D eigenvalue weighted by Crippen LogP contribution is 2.40. The van der Waals surface area contributed by atoms with Crippen molar-refractivity contribution >= 4 is 31.2 Å². The van der Waals surface area contributed by atoms with Crippen molar-refractivity contribution in [3.8, 4) is 0 Å². The van der Waals surface area contributed by atoms with E-state index in [4.69, 9.17) is 22.8 Å². The summed E-state index contributed by atoms with van der Waals surface area (Å²) in [6.07, 6.45) is 2.14. The number of carbonyl (C=O) groups excluding carboxylic acids is 1. The van der Waals surface area contributed by atoms with Gasteiger partial charge in [0, 0.05) is 26.7 Å². The standard InChI is InChI=1S/C35H68O6Si3/c1-28(26-38-27-29-19-17-16-18-20-29)25-30(21-23-36)32(41-42(9,10)11)33(37-8)31(40-44(14,15)35(5,6)7)22-24-39-43(12,13)34(2,3)4/h16-20,23,28,30-33H,21-22,24-27H2,1-15H3/t28-,30+,31-,32+,33+/m1/s1. The number of rotatable bonds is 20. The van der Waals surface area contributed by atoms with Gasteiger partial charge in [0.15, 0.2) is 25.0 Å². The van der Waals surface area contributed by atoms with Crippen molar-refractivity contribution in [2.45, 2.75) is 149 Å². The molecule has 0 saturated carbocycles. The number of hydrogen-bond donors (Lipinski definition) is 0. The van der Waals surface area contributed by atoms with Crippen LogP contribution in [0.4, 0.5) is 0 Å². The number of carbonyl (C=O) groups is 1. The summed E-state index contributed by atoms with van der Waals surface area (Å²) in [7, 11) is -4.38. The minimum absolute atomic E-state index is 0.0219. The highest BCUT2D eigenvalue weighted by atomic mass is 28.4. The lowest BCUT2D eigenvalue weighted by molar-refractivity contribution is -0.115. The van der Waals surface area contributed by atoms with Crippen molar-refractivity contribution in [3.63, 3.8) is 0 Å². The van der Waals surface area contributed by atoms with Gasteiger partial charge >= 0.3 is 0 Å². The van der Waals surface area contributed by atoms with Gasteiger partial charge < -0.3 is 27.5 Å². The molecular formula is C35H68O6Si3. The van der Waals surface area contributed by atoms with Crippen LogP contribution in [-0.2, 0) is 34.2 Å². The first-order chi connectivity index (χ1) is 20.0. The lowest BCUT2D eigenvalue weighted by atomic mass is 9.85. The van der Waals surface area contributed by atoms with Gasteiger partial charge in [-0.2, -0.15) is 0 Å². The molecule has 0 bridgehead atoms. The zero-order valence-electron chi connectivity index (χ0n) is 31.0. The first-order valence-electron chi connectivity index (χ1n) is 16.6. The van der Waals surface area contributed by atoms with Crippen LogP contribution in [0.3, 0.4) is 0 Å². The van der Waals surface area contributed by atoms with Gasteiger partial charge in [-0.25, -0.2) is 0 Å². The van der Waals surface area contributed by atoms with Crippen LogP contribution in [0.25, 0.3) is 0 Å². The predicted molar refractivity (Wildman–Crippen MR) is 193 cm³/mol. The Morgan fingerprint density at radius 3 is 1.86 bits per heavy atom. The van der Waals surface area contributed by atoms with E-state index in [0.717, 1.165) is 18.3 Å². The average molecular weight is 669 g/mol. The van der Waals surface area contributed by atoms with Crippen LogP contribution in [0.15, 0.2) is 30.3 Å². The van der Waals surface area contributed by atoms with E-state index >= 15 is 0 Å². The smallest absolute Gasteiger partial charge is 0.192 e. The predicted octanol–water partition coefficient (Wildman–Crippen LogP) is 9.47. The Morgan fingerprint density at radius 2 is 1.39 bits per heavy atom.